The Balaban J connectivity index is 1.80. The maximum Gasteiger partial charge on any atom is 0.282 e. The van der Waals surface area contributed by atoms with Crippen LogP contribution in [0, 0.1) is 0 Å². The molecule has 0 saturated carbocycles. The standard InChI is InChI=1S/C13H27N3O3S/c1-2-3-4-5-14-6-8-15(9-7-14)20(17,18)16-10-12-19-13-11-16/h2-13H2,1H3. The normalized spacial score (nSPS) is 24.1. The van der Waals surface area contributed by atoms with Crippen LogP contribution in [0.5, 0.6) is 0 Å². The topological polar surface area (TPSA) is 53.1 Å². The Morgan fingerprint density at radius 3 is 2.10 bits per heavy atom. The number of unbranched alkanes of at least 4 members (excludes halogenated alkanes) is 2. The molecular weight excluding hydrogens is 278 g/mol. The third-order valence-corrected chi connectivity index (χ3v) is 6.07. The van der Waals surface area contributed by atoms with E-state index in [0.29, 0.717) is 39.4 Å². The second-order valence-corrected chi connectivity index (χ2v) is 7.40. The second-order valence-electron chi connectivity index (χ2n) is 5.47. The molecule has 0 radical (unpaired) electrons. The summed E-state index contributed by atoms with van der Waals surface area (Å²) in [5.41, 5.74) is 0. The molecule has 0 atom stereocenters. The molecule has 0 aromatic rings. The summed E-state index contributed by atoms with van der Waals surface area (Å²) in [5, 5.41) is 0. The van der Waals surface area contributed by atoms with Crippen LogP contribution >= 0.6 is 0 Å². The van der Waals surface area contributed by atoms with E-state index in [1.165, 1.54) is 19.3 Å². The fourth-order valence-electron chi connectivity index (χ4n) is 2.71. The van der Waals surface area contributed by atoms with Crippen molar-refractivity contribution in [1.29, 1.82) is 0 Å². The quantitative estimate of drug-likeness (QED) is 0.666. The maximum absolute atomic E-state index is 12.5. The van der Waals surface area contributed by atoms with Gasteiger partial charge in [-0.1, -0.05) is 19.8 Å². The third-order valence-electron chi connectivity index (χ3n) is 4.03. The lowest BCUT2D eigenvalue weighted by molar-refractivity contribution is 0.0685. The lowest BCUT2D eigenvalue weighted by Crippen LogP contribution is -2.54. The molecule has 20 heavy (non-hydrogen) atoms. The maximum atomic E-state index is 12.5. The van der Waals surface area contributed by atoms with Crippen molar-refractivity contribution in [3.05, 3.63) is 0 Å². The van der Waals surface area contributed by atoms with Gasteiger partial charge in [0.25, 0.3) is 10.2 Å². The van der Waals surface area contributed by atoms with E-state index in [9.17, 15) is 8.42 Å². The first kappa shape index (κ1) is 16.2. The lowest BCUT2D eigenvalue weighted by Gasteiger charge is -2.37. The van der Waals surface area contributed by atoms with Gasteiger partial charge >= 0.3 is 0 Å². The molecule has 2 aliphatic heterocycles. The minimum Gasteiger partial charge on any atom is -0.379 e. The summed E-state index contributed by atoms with van der Waals surface area (Å²) in [4.78, 5) is 2.38. The van der Waals surface area contributed by atoms with E-state index in [-0.39, 0.29) is 0 Å². The average molecular weight is 305 g/mol. The molecule has 0 unspecified atom stereocenters. The molecule has 2 fully saturated rings. The van der Waals surface area contributed by atoms with Crippen molar-refractivity contribution < 1.29 is 13.2 Å². The van der Waals surface area contributed by atoms with Gasteiger partial charge < -0.3 is 9.64 Å². The van der Waals surface area contributed by atoms with E-state index in [0.717, 1.165) is 19.6 Å². The van der Waals surface area contributed by atoms with Crippen molar-refractivity contribution in [2.45, 2.75) is 26.2 Å². The summed E-state index contributed by atoms with van der Waals surface area (Å²) in [6, 6.07) is 0. The molecule has 2 heterocycles. The molecule has 0 aromatic heterocycles. The van der Waals surface area contributed by atoms with Gasteiger partial charge in [0.1, 0.15) is 0 Å². The molecule has 0 amide bonds. The Hall–Kier alpha value is -0.210. The largest absolute Gasteiger partial charge is 0.379 e. The van der Waals surface area contributed by atoms with Gasteiger partial charge in [-0.15, -0.1) is 0 Å². The van der Waals surface area contributed by atoms with Crippen molar-refractivity contribution in [2.24, 2.45) is 0 Å². The first-order valence-electron chi connectivity index (χ1n) is 7.70. The first-order chi connectivity index (χ1) is 9.64. The van der Waals surface area contributed by atoms with Crippen LogP contribution in [0.2, 0.25) is 0 Å². The smallest absolute Gasteiger partial charge is 0.282 e. The van der Waals surface area contributed by atoms with Crippen molar-refractivity contribution in [2.75, 3.05) is 59.0 Å². The van der Waals surface area contributed by atoms with Gasteiger partial charge in [-0.05, 0) is 13.0 Å². The van der Waals surface area contributed by atoms with Crippen LogP contribution in [-0.4, -0.2) is 81.0 Å². The zero-order valence-corrected chi connectivity index (χ0v) is 13.3. The molecule has 2 rings (SSSR count). The number of ether oxygens (including phenoxy) is 1. The number of hydrogen-bond donors (Lipinski definition) is 0. The molecule has 0 aromatic carbocycles. The summed E-state index contributed by atoms with van der Waals surface area (Å²) in [5.74, 6) is 0. The average Bonchev–Trinajstić information content (AvgIpc) is 2.49. The molecule has 6 nitrogen and oxygen atoms in total. The minimum absolute atomic E-state index is 0.485. The Morgan fingerprint density at radius 1 is 0.900 bits per heavy atom. The van der Waals surface area contributed by atoms with Gasteiger partial charge in [-0.25, -0.2) is 0 Å². The molecule has 0 bridgehead atoms. The highest BCUT2D eigenvalue weighted by molar-refractivity contribution is 7.86. The van der Waals surface area contributed by atoms with Crippen LogP contribution in [0.25, 0.3) is 0 Å². The summed E-state index contributed by atoms with van der Waals surface area (Å²) in [6.07, 6.45) is 3.70. The summed E-state index contributed by atoms with van der Waals surface area (Å²) in [6.45, 7) is 8.23. The number of morpholine rings is 1. The summed E-state index contributed by atoms with van der Waals surface area (Å²) >= 11 is 0. The Morgan fingerprint density at radius 2 is 1.50 bits per heavy atom. The molecule has 2 aliphatic rings. The van der Waals surface area contributed by atoms with Crippen molar-refractivity contribution in [1.82, 2.24) is 13.5 Å². The molecule has 0 spiro atoms. The van der Waals surface area contributed by atoms with Crippen molar-refractivity contribution in [3.8, 4) is 0 Å². The molecule has 2 saturated heterocycles. The number of piperazine rings is 1. The number of rotatable bonds is 6. The van der Waals surface area contributed by atoms with Crippen LogP contribution in [0.1, 0.15) is 26.2 Å². The van der Waals surface area contributed by atoms with Crippen LogP contribution in [0.15, 0.2) is 0 Å². The van der Waals surface area contributed by atoms with Crippen LogP contribution in [0.3, 0.4) is 0 Å². The number of nitrogens with zero attached hydrogens (tertiary/aromatic N) is 3. The number of hydrogen-bond acceptors (Lipinski definition) is 4. The third kappa shape index (κ3) is 4.14. The van der Waals surface area contributed by atoms with E-state index < -0.39 is 10.2 Å². The second kappa shape index (κ2) is 7.70. The summed E-state index contributed by atoms with van der Waals surface area (Å²) in [7, 11) is -3.27. The van der Waals surface area contributed by atoms with Crippen molar-refractivity contribution in [3.63, 3.8) is 0 Å². The molecule has 0 N–H and O–H groups in total. The molecule has 7 heteroatoms. The van der Waals surface area contributed by atoms with Gasteiger partial charge in [-0.3, -0.25) is 0 Å². The monoisotopic (exact) mass is 305 g/mol. The highest BCUT2D eigenvalue weighted by atomic mass is 32.2. The van der Waals surface area contributed by atoms with E-state index in [1.807, 2.05) is 0 Å². The van der Waals surface area contributed by atoms with Gasteiger partial charge in [-0.2, -0.15) is 17.0 Å². The Bertz CT molecular complexity index is 374. The fourth-order valence-corrected chi connectivity index (χ4v) is 4.27. The molecular formula is C13H27N3O3S. The molecule has 118 valence electrons. The van der Waals surface area contributed by atoms with Gasteiger partial charge in [0, 0.05) is 39.3 Å². The van der Waals surface area contributed by atoms with Crippen LogP contribution < -0.4 is 0 Å². The first-order valence-corrected chi connectivity index (χ1v) is 9.09. The lowest BCUT2D eigenvalue weighted by atomic mass is 10.2. The van der Waals surface area contributed by atoms with E-state index in [2.05, 4.69) is 11.8 Å². The Labute approximate surface area is 122 Å². The Kier molecular flexibility index (Phi) is 6.22. The van der Waals surface area contributed by atoms with E-state index >= 15 is 0 Å². The predicted molar refractivity (Wildman–Crippen MR) is 78.8 cm³/mol. The van der Waals surface area contributed by atoms with Gasteiger partial charge in [0.05, 0.1) is 13.2 Å². The van der Waals surface area contributed by atoms with Crippen LogP contribution in [-0.2, 0) is 14.9 Å². The van der Waals surface area contributed by atoms with Gasteiger partial charge in [0.2, 0.25) is 0 Å². The predicted octanol–water partition coefficient (Wildman–Crippen LogP) is 0.371. The highest BCUT2D eigenvalue weighted by Crippen LogP contribution is 2.14. The zero-order valence-electron chi connectivity index (χ0n) is 12.5. The highest BCUT2D eigenvalue weighted by Gasteiger charge is 2.32. The molecule has 0 aliphatic carbocycles. The zero-order chi connectivity index (χ0) is 14.4. The minimum atomic E-state index is -3.27. The van der Waals surface area contributed by atoms with E-state index in [4.69, 9.17) is 4.74 Å². The SMILES string of the molecule is CCCCCN1CCN(S(=O)(=O)N2CCOCC2)CC1. The van der Waals surface area contributed by atoms with Gasteiger partial charge in [0.15, 0.2) is 0 Å². The summed E-state index contributed by atoms with van der Waals surface area (Å²) < 4.78 is 33.4. The fraction of sp³-hybridized carbons (Fsp3) is 1.00. The van der Waals surface area contributed by atoms with E-state index in [1.54, 1.807) is 8.61 Å². The van der Waals surface area contributed by atoms with Crippen molar-refractivity contribution >= 4 is 10.2 Å². The van der Waals surface area contributed by atoms with Crippen LogP contribution in [0.4, 0.5) is 0 Å².